The Kier molecular flexibility index (Phi) is 6.99. The third-order valence-electron chi connectivity index (χ3n) is 7.23. The summed E-state index contributed by atoms with van der Waals surface area (Å²) in [5.74, 6) is 1.41. The van der Waals surface area contributed by atoms with E-state index in [1.807, 2.05) is 0 Å². The summed E-state index contributed by atoms with van der Waals surface area (Å²) < 4.78 is 2.46. The summed E-state index contributed by atoms with van der Waals surface area (Å²) in [6.07, 6.45) is 11.3. The lowest BCUT2D eigenvalue weighted by atomic mass is 9.89. The highest BCUT2D eigenvalue weighted by Gasteiger charge is 2.15. The number of allylic oxidation sites excluding steroid dienone is 4. The molecule has 1 unspecified atom stereocenters. The van der Waals surface area contributed by atoms with Crippen LogP contribution >= 0.6 is 0 Å². The molecule has 0 amide bonds. The lowest BCUT2D eigenvalue weighted by Gasteiger charge is -2.19. The van der Waals surface area contributed by atoms with Gasteiger partial charge in [0, 0.05) is 41.1 Å². The molecule has 0 aliphatic heterocycles. The van der Waals surface area contributed by atoms with Gasteiger partial charge in [0.05, 0.1) is 5.70 Å². The van der Waals surface area contributed by atoms with Gasteiger partial charge < -0.3 is 15.6 Å². The zero-order chi connectivity index (χ0) is 25.1. The van der Waals surface area contributed by atoms with Crippen LogP contribution in [-0.2, 0) is 13.1 Å². The molecular weight excluding hydrogens is 438 g/mol. The van der Waals surface area contributed by atoms with Crippen LogP contribution in [0.2, 0.25) is 0 Å². The van der Waals surface area contributed by atoms with Gasteiger partial charge >= 0.3 is 0 Å². The van der Waals surface area contributed by atoms with Crippen molar-refractivity contribution in [2.24, 2.45) is 17.6 Å². The summed E-state index contributed by atoms with van der Waals surface area (Å²) >= 11 is 0. The largest absolute Gasteiger partial charge is 0.403 e. The Balaban J connectivity index is 1.43. The molecule has 0 fully saturated rings. The van der Waals surface area contributed by atoms with Crippen LogP contribution in [0.5, 0.6) is 0 Å². The maximum Gasteiger partial charge on any atom is 0.0574 e. The van der Waals surface area contributed by atoms with E-state index >= 15 is 0 Å². The van der Waals surface area contributed by atoms with Crippen LogP contribution in [0.3, 0.4) is 0 Å². The first-order valence-corrected chi connectivity index (χ1v) is 13.1. The minimum absolute atomic E-state index is 0.670. The van der Waals surface area contributed by atoms with Gasteiger partial charge in [0.1, 0.15) is 0 Å². The van der Waals surface area contributed by atoms with E-state index in [2.05, 4.69) is 116 Å². The Hall–Kier alpha value is -3.72. The van der Waals surface area contributed by atoms with Crippen molar-refractivity contribution in [1.82, 2.24) is 9.88 Å². The van der Waals surface area contributed by atoms with E-state index in [0.29, 0.717) is 5.92 Å². The molecule has 0 bridgehead atoms. The molecule has 0 saturated carbocycles. The molecule has 1 heterocycles. The maximum absolute atomic E-state index is 6.08. The lowest BCUT2D eigenvalue weighted by molar-refractivity contribution is 0.474. The van der Waals surface area contributed by atoms with Crippen molar-refractivity contribution >= 4 is 27.5 Å². The predicted octanol–water partition coefficient (Wildman–Crippen LogP) is 7.70. The van der Waals surface area contributed by atoms with E-state index < -0.39 is 0 Å². The van der Waals surface area contributed by atoms with Crippen molar-refractivity contribution < 1.29 is 0 Å². The molecule has 1 aliphatic rings. The van der Waals surface area contributed by atoms with Gasteiger partial charge in [-0.3, -0.25) is 0 Å². The highest BCUT2D eigenvalue weighted by molar-refractivity contribution is 6.09. The number of para-hydroxylation sites is 1. The second kappa shape index (κ2) is 10.5. The van der Waals surface area contributed by atoms with Crippen molar-refractivity contribution in [2.45, 2.75) is 46.7 Å². The Morgan fingerprint density at radius 3 is 2.53 bits per heavy atom. The van der Waals surface area contributed by atoms with E-state index in [1.54, 1.807) is 6.20 Å². The molecule has 0 radical (unpaired) electrons. The molecular formula is C33H37N3. The predicted molar refractivity (Wildman–Crippen MR) is 154 cm³/mol. The van der Waals surface area contributed by atoms with Crippen molar-refractivity contribution in [3.63, 3.8) is 0 Å². The molecule has 1 atom stereocenters. The number of rotatable bonds is 8. The molecule has 4 aromatic rings. The minimum Gasteiger partial charge on any atom is -0.403 e. The quantitative estimate of drug-likeness (QED) is 0.274. The van der Waals surface area contributed by atoms with E-state index in [1.165, 1.54) is 44.9 Å². The van der Waals surface area contributed by atoms with Gasteiger partial charge in [-0.15, -0.1) is 0 Å². The average molecular weight is 476 g/mol. The van der Waals surface area contributed by atoms with Crippen molar-refractivity contribution in [3.05, 3.63) is 113 Å². The van der Waals surface area contributed by atoms with E-state index in [0.717, 1.165) is 36.7 Å². The number of benzene rings is 3. The van der Waals surface area contributed by atoms with Crippen LogP contribution in [0.4, 0.5) is 0 Å². The van der Waals surface area contributed by atoms with E-state index in [-0.39, 0.29) is 0 Å². The number of fused-ring (bicyclic) bond motifs is 3. The fraction of sp³-hybridized carbons (Fsp3) is 0.273. The molecule has 36 heavy (non-hydrogen) atoms. The summed E-state index contributed by atoms with van der Waals surface area (Å²) in [5.41, 5.74) is 14.6. The highest BCUT2D eigenvalue weighted by atomic mass is 15.0. The first-order valence-electron chi connectivity index (χ1n) is 13.1. The third-order valence-corrected chi connectivity index (χ3v) is 7.23. The molecule has 3 aromatic carbocycles. The molecule has 0 saturated heterocycles. The van der Waals surface area contributed by atoms with Gasteiger partial charge in [0.2, 0.25) is 0 Å². The standard InChI is InChI=1S/C33H37N3/c1-23(2)18-25-12-14-27(15-13-25)22-36-32-7-5-4-6-29(32)30-19-28(16-17-33(30)36)31(20-34)35-21-26-10-8-24(3)9-11-26/h4-12,14-17,19-20,23,25,35H,13,18,21-22,34H2,1-3H3/b31-20-. The Morgan fingerprint density at radius 2 is 1.81 bits per heavy atom. The normalized spacial score (nSPS) is 16.2. The number of nitrogens with two attached hydrogens (primary N) is 1. The Morgan fingerprint density at radius 1 is 1.03 bits per heavy atom. The van der Waals surface area contributed by atoms with Crippen LogP contribution in [0.25, 0.3) is 27.5 Å². The lowest BCUT2D eigenvalue weighted by Crippen LogP contribution is -2.13. The first kappa shape index (κ1) is 24.0. The van der Waals surface area contributed by atoms with Crippen molar-refractivity contribution in [1.29, 1.82) is 0 Å². The summed E-state index contributed by atoms with van der Waals surface area (Å²) in [5, 5.41) is 6.08. The first-order chi connectivity index (χ1) is 17.5. The molecule has 1 aliphatic carbocycles. The molecule has 184 valence electrons. The van der Waals surface area contributed by atoms with Gasteiger partial charge in [-0.25, -0.2) is 0 Å². The molecule has 5 rings (SSSR count). The molecule has 3 N–H and O–H groups in total. The molecule has 0 spiro atoms. The zero-order valence-corrected chi connectivity index (χ0v) is 21.7. The number of hydrogen-bond acceptors (Lipinski definition) is 2. The number of aryl methyl sites for hydroxylation is 1. The number of hydrogen-bond donors (Lipinski definition) is 2. The second-order valence-electron chi connectivity index (χ2n) is 10.5. The van der Waals surface area contributed by atoms with Crippen LogP contribution < -0.4 is 11.1 Å². The molecule has 1 aromatic heterocycles. The molecule has 3 nitrogen and oxygen atoms in total. The maximum atomic E-state index is 6.08. The molecule has 3 heteroatoms. The van der Waals surface area contributed by atoms with Crippen LogP contribution in [-0.4, -0.2) is 4.57 Å². The zero-order valence-electron chi connectivity index (χ0n) is 21.7. The van der Waals surface area contributed by atoms with Crippen LogP contribution in [0.15, 0.2) is 96.7 Å². The van der Waals surface area contributed by atoms with Gasteiger partial charge in [-0.1, -0.05) is 86.2 Å². The second-order valence-corrected chi connectivity index (χ2v) is 10.5. The van der Waals surface area contributed by atoms with Gasteiger partial charge in [0.15, 0.2) is 0 Å². The highest BCUT2D eigenvalue weighted by Crippen LogP contribution is 2.33. The monoisotopic (exact) mass is 475 g/mol. The van der Waals surface area contributed by atoms with Crippen LogP contribution in [0.1, 0.15) is 43.4 Å². The Bertz CT molecular complexity index is 1450. The summed E-state index contributed by atoms with van der Waals surface area (Å²) in [7, 11) is 0. The SMILES string of the molecule is Cc1ccc(CN/C(=C\N)c2ccc3c(c2)c2ccccc2n3CC2=CCC(CC(C)C)C=C2)cc1. The number of aromatic nitrogens is 1. The topological polar surface area (TPSA) is 43.0 Å². The van der Waals surface area contributed by atoms with Crippen LogP contribution in [0, 0.1) is 18.8 Å². The van der Waals surface area contributed by atoms with Crippen molar-refractivity contribution in [3.8, 4) is 0 Å². The average Bonchev–Trinajstić information content (AvgIpc) is 3.19. The van der Waals surface area contributed by atoms with Gasteiger partial charge in [0.25, 0.3) is 0 Å². The fourth-order valence-electron chi connectivity index (χ4n) is 5.34. The number of nitrogens with one attached hydrogen (secondary N) is 1. The van der Waals surface area contributed by atoms with Gasteiger partial charge in [-0.2, -0.15) is 0 Å². The van der Waals surface area contributed by atoms with Gasteiger partial charge in [-0.05, 0) is 66.5 Å². The summed E-state index contributed by atoms with van der Waals surface area (Å²) in [4.78, 5) is 0. The number of nitrogens with zero attached hydrogens (tertiary/aromatic N) is 1. The smallest absolute Gasteiger partial charge is 0.0574 e. The van der Waals surface area contributed by atoms with E-state index in [4.69, 9.17) is 5.73 Å². The van der Waals surface area contributed by atoms with E-state index in [9.17, 15) is 0 Å². The summed E-state index contributed by atoms with van der Waals surface area (Å²) in [6.45, 7) is 8.35. The minimum atomic E-state index is 0.670. The Labute approximate surface area is 215 Å². The fourth-order valence-corrected chi connectivity index (χ4v) is 5.34. The summed E-state index contributed by atoms with van der Waals surface area (Å²) in [6, 6.07) is 24.0. The third kappa shape index (κ3) is 5.11. The van der Waals surface area contributed by atoms with Crippen molar-refractivity contribution in [2.75, 3.05) is 0 Å².